The quantitative estimate of drug-likeness (QED) is 0.384. The zero-order valence-electron chi connectivity index (χ0n) is 19.7. The van der Waals surface area contributed by atoms with Gasteiger partial charge in [-0.2, -0.15) is 26.3 Å². The summed E-state index contributed by atoms with van der Waals surface area (Å²) in [7, 11) is 0. The van der Waals surface area contributed by atoms with Crippen molar-refractivity contribution in [1.82, 2.24) is 9.80 Å². The SMILES string of the molecule is FC(F)(F)c1cc(CCC(c2ccccc2)N2CCN(C3CCCCC3)CC2)cc(C(F)(F)F)c1. The first-order valence-electron chi connectivity index (χ1n) is 12.4. The summed E-state index contributed by atoms with van der Waals surface area (Å²) in [6, 6.07) is 12.2. The summed E-state index contributed by atoms with van der Waals surface area (Å²) in [5, 5.41) is 0. The van der Waals surface area contributed by atoms with Crippen LogP contribution in [0.1, 0.15) is 66.8 Å². The van der Waals surface area contributed by atoms with E-state index in [0.29, 0.717) is 12.5 Å². The number of halogens is 6. The molecule has 2 fully saturated rings. The van der Waals surface area contributed by atoms with E-state index in [1.165, 1.54) is 32.1 Å². The van der Waals surface area contributed by atoms with Crippen LogP contribution in [0.3, 0.4) is 0 Å². The topological polar surface area (TPSA) is 6.48 Å². The van der Waals surface area contributed by atoms with Crippen LogP contribution < -0.4 is 0 Å². The monoisotopic (exact) mass is 498 g/mol. The third-order valence-corrected chi connectivity index (χ3v) is 7.42. The molecule has 1 aliphatic heterocycles. The number of hydrogen-bond donors (Lipinski definition) is 0. The minimum absolute atomic E-state index is 0.0615. The van der Waals surface area contributed by atoms with Crippen LogP contribution in [0.15, 0.2) is 48.5 Å². The van der Waals surface area contributed by atoms with Crippen molar-refractivity contribution in [1.29, 1.82) is 0 Å². The molecular formula is C27H32F6N2. The average Bonchev–Trinajstić information content (AvgIpc) is 2.84. The molecule has 1 saturated carbocycles. The van der Waals surface area contributed by atoms with Gasteiger partial charge in [0.25, 0.3) is 0 Å². The molecule has 35 heavy (non-hydrogen) atoms. The molecule has 4 rings (SSSR count). The predicted octanol–water partition coefficient (Wildman–Crippen LogP) is 7.35. The highest BCUT2D eigenvalue weighted by molar-refractivity contribution is 5.34. The van der Waals surface area contributed by atoms with Crippen molar-refractivity contribution in [2.75, 3.05) is 26.2 Å². The molecule has 1 atom stereocenters. The molecule has 1 heterocycles. The normalized spacial score (nSPS) is 20.2. The molecule has 0 spiro atoms. The maximum absolute atomic E-state index is 13.3. The van der Waals surface area contributed by atoms with Crippen LogP contribution in [-0.2, 0) is 18.8 Å². The lowest BCUT2D eigenvalue weighted by molar-refractivity contribution is -0.143. The van der Waals surface area contributed by atoms with Gasteiger partial charge in [-0.15, -0.1) is 0 Å². The third kappa shape index (κ3) is 6.79. The van der Waals surface area contributed by atoms with E-state index in [1.54, 1.807) is 0 Å². The van der Waals surface area contributed by atoms with Crippen molar-refractivity contribution in [3.8, 4) is 0 Å². The first kappa shape index (κ1) is 26.0. The van der Waals surface area contributed by atoms with Gasteiger partial charge in [-0.3, -0.25) is 9.80 Å². The fourth-order valence-corrected chi connectivity index (χ4v) is 5.56. The van der Waals surface area contributed by atoms with Crippen LogP contribution in [0.25, 0.3) is 0 Å². The predicted molar refractivity (Wildman–Crippen MR) is 124 cm³/mol. The molecule has 1 aliphatic carbocycles. The Morgan fingerprint density at radius 2 is 1.31 bits per heavy atom. The highest BCUT2D eigenvalue weighted by Crippen LogP contribution is 2.37. The van der Waals surface area contributed by atoms with E-state index in [1.807, 2.05) is 30.3 Å². The molecule has 0 bridgehead atoms. The second-order valence-electron chi connectivity index (χ2n) is 9.74. The Morgan fingerprint density at radius 1 is 0.743 bits per heavy atom. The summed E-state index contributed by atoms with van der Waals surface area (Å²) in [6.07, 6.45) is -2.75. The van der Waals surface area contributed by atoms with Crippen LogP contribution in [0.2, 0.25) is 0 Å². The van der Waals surface area contributed by atoms with Gasteiger partial charge in [-0.25, -0.2) is 0 Å². The second kappa shape index (κ2) is 10.9. The van der Waals surface area contributed by atoms with E-state index in [9.17, 15) is 26.3 Å². The Bertz CT molecular complexity index is 910. The summed E-state index contributed by atoms with van der Waals surface area (Å²) in [5.41, 5.74) is -1.39. The number of rotatable bonds is 6. The van der Waals surface area contributed by atoms with E-state index in [2.05, 4.69) is 9.80 Å². The van der Waals surface area contributed by atoms with Crippen LogP contribution in [0.5, 0.6) is 0 Å². The highest BCUT2D eigenvalue weighted by atomic mass is 19.4. The Kier molecular flexibility index (Phi) is 8.11. The van der Waals surface area contributed by atoms with Gasteiger partial charge < -0.3 is 0 Å². The van der Waals surface area contributed by atoms with Gasteiger partial charge in [-0.05, 0) is 55.0 Å². The van der Waals surface area contributed by atoms with Crippen molar-refractivity contribution in [3.63, 3.8) is 0 Å². The Morgan fingerprint density at radius 3 is 1.86 bits per heavy atom. The lowest BCUT2D eigenvalue weighted by Gasteiger charge is -2.43. The Hall–Kier alpha value is -2.06. The molecule has 0 N–H and O–H groups in total. The van der Waals surface area contributed by atoms with Crippen molar-refractivity contribution in [3.05, 3.63) is 70.8 Å². The molecule has 8 heteroatoms. The number of hydrogen-bond acceptors (Lipinski definition) is 2. The fraction of sp³-hybridized carbons (Fsp3) is 0.556. The molecule has 2 aromatic carbocycles. The number of nitrogens with zero attached hydrogens (tertiary/aromatic N) is 2. The summed E-state index contributed by atoms with van der Waals surface area (Å²) >= 11 is 0. The molecular weight excluding hydrogens is 466 g/mol. The molecule has 2 nitrogen and oxygen atoms in total. The van der Waals surface area contributed by atoms with Gasteiger partial charge in [0, 0.05) is 38.3 Å². The molecule has 0 amide bonds. The summed E-state index contributed by atoms with van der Waals surface area (Å²) < 4.78 is 79.8. The molecule has 192 valence electrons. The van der Waals surface area contributed by atoms with Crippen molar-refractivity contribution in [2.45, 2.75) is 69.4 Å². The Balaban J connectivity index is 1.50. The van der Waals surface area contributed by atoms with Crippen LogP contribution in [-0.4, -0.2) is 42.0 Å². The van der Waals surface area contributed by atoms with Gasteiger partial charge in [0.2, 0.25) is 0 Å². The van der Waals surface area contributed by atoms with Crippen LogP contribution in [0, 0.1) is 0 Å². The van der Waals surface area contributed by atoms with E-state index in [-0.39, 0.29) is 24.1 Å². The maximum atomic E-state index is 13.3. The van der Waals surface area contributed by atoms with Crippen LogP contribution in [0.4, 0.5) is 26.3 Å². The van der Waals surface area contributed by atoms with Gasteiger partial charge in [0.05, 0.1) is 11.1 Å². The van der Waals surface area contributed by atoms with E-state index in [4.69, 9.17) is 0 Å². The van der Waals surface area contributed by atoms with Crippen LogP contribution >= 0.6 is 0 Å². The second-order valence-corrected chi connectivity index (χ2v) is 9.74. The average molecular weight is 499 g/mol. The maximum Gasteiger partial charge on any atom is 0.416 e. The zero-order valence-corrected chi connectivity index (χ0v) is 19.7. The highest BCUT2D eigenvalue weighted by Gasteiger charge is 2.37. The number of piperazine rings is 1. The van der Waals surface area contributed by atoms with Gasteiger partial charge in [0.15, 0.2) is 0 Å². The van der Waals surface area contributed by atoms with Gasteiger partial charge >= 0.3 is 12.4 Å². The van der Waals surface area contributed by atoms with E-state index < -0.39 is 23.5 Å². The minimum atomic E-state index is -4.83. The zero-order chi connectivity index (χ0) is 25.1. The molecule has 1 saturated heterocycles. The number of aryl methyl sites for hydroxylation is 1. The third-order valence-electron chi connectivity index (χ3n) is 7.42. The number of benzene rings is 2. The van der Waals surface area contributed by atoms with Crippen molar-refractivity contribution < 1.29 is 26.3 Å². The van der Waals surface area contributed by atoms with Crippen molar-refractivity contribution in [2.24, 2.45) is 0 Å². The number of alkyl halides is 6. The smallest absolute Gasteiger partial charge is 0.298 e. The molecule has 0 aromatic heterocycles. The van der Waals surface area contributed by atoms with Crippen molar-refractivity contribution >= 4 is 0 Å². The summed E-state index contributed by atoms with van der Waals surface area (Å²) in [4.78, 5) is 4.90. The molecule has 2 aliphatic rings. The largest absolute Gasteiger partial charge is 0.416 e. The first-order chi connectivity index (χ1) is 16.6. The standard InChI is InChI=1S/C27H32F6N2/c28-26(29,30)22-17-20(18-23(19-22)27(31,32)33)11-12-25(21-7-3-1-4-8-21)35-15-13-34(14-16-35)24-9-5-2-6-10-24/h1,3-4,7-8,17-19,24-25H,2,5-6,9-16H2. The molecule has 2 aromatic rings. The summed E-state index contributed by atoms with van der Waals surface area (Å²) in [6.45, 7) is 3.56. The minimum Gasteiger partial charge on any atom is -0.298 e. The fourth-order valence-electron chi connectivity index (χ4n) is 5.56. The lowest BCUT2D eigenvalue weighted by atomic mass is 9.93. The molecule has 0 radical (unpaired) electrons. The molecule has 1 unspecified atom stereocenters. The van der Waals surface area contributed by atoms with Gasteiger partial charge in [-0.1, -0.05) is 49.6 Å². The first-order valence-corrected chi connectivity index (χ1v) is 12.4. The lowest BCUT2D eigenvalue weighted by Crippen LogP contribution is -2.51. The Labute approximate surface area is 202 Å². The summed E-state index contributed by atoms with van der Waals surface area (Å²) in [5.74, 6) is 0. The van der Waals surface area contributed by atoms with Gasteiger partial charge in [0.1, 0.15) is 0 Å². The van der Waals surface area contributed by atoms with E-state index >= 15 is 0 Å². The van der Waals surface area contributed by atoms with E-state index in [0.717, 1.165) is 43.9 Å².